The summed E-state index contributed by atoms with van der Waals surface area (Å²) in [5.41, 5.74) is 2.29. The highest BCUT2D eigenvalue weighted by atomic mass is 32.1. The first kappa shape index (κ1) is 30.7. The van der Waals surface area contributed by atoms with E-state index in [0.717, 1.165) is 21.5 Å². The second-order valence-corrected chi connectivity index (χ2v) is 13.2. The molecule has 220 valence electrons. The number of fused-ring (bicyclic) bond motifs is 1. The lowest BCUT2D eigenvalue weighted by Gasteiger charge is -2.36. The molecular weight excluding hydrogens is 550 g/mol. The number of nitrogens with zero attached hydrogens (tertiary/aromatic N) is 5. The number of likely N-dealkylation sites (N-methyl/N-ethyl adjacent to an activating group) is 1. The van der Waals surface area contributed by atoms with E-state index in [1.807, 2.05) is 42.7 Å². The molecule has 1 aromatic carbocycles. The first-order valence-electron chi connectivity index (χ1n) is 13.6. The minimum Gasteiger partial charge on any atom is -0.443 e. The van der Waals surface area contributed by atoms with Crippen LogP contribution in [-0.2, 0) is 17.9 Å². The molecule has 1 unspecified atom stereocenters. The number of amides is 2. The maximum Gasteiger partial charge on any atom is 0.290 e. The molecule has 3 heterocycles. The normalized spacial score (nSPS) is 13.2. The molecule has 4 aromatic rings. The average Bonchev–Trinajstić information content (AvgIpc) is 3.70. The van der Waals surface area contributed by atoms with Gasteiger partial charge in [0, 0.05) is 26.2 Å². The van der Waals surface area contributed by atoms with Gasteiger partial charge in [-0.05, 0) is 56.0 Å². The van der Waals surface area contributed by atoms with Crippen LogP contribution in [0.2, 0.25) is 0 Å². The van der Waals surface area contributed by atoms with E-state index in [2.05, 4.69) is 54.6 Å². The lowest BCUT2D eigenvalue weighted by atomic mass is 9.88. The number of H-pyrrole nitrogens is 1. The van der Waals surface area contributed by atoms with Gasteiger partial charge in [0.2, 0.25) is 5.62 Å². The SMILES string of the molecule is C=C(C#N)C(=O)N(C)C(C)(C)Cn1c(=NC(=O)c2ccc(-c3cnco3)s2)[nH]c2cc(CNC(C)C(C)(C)C)ccc21. The third kappa shape index (κ3) is 6.61. The zero-order chi connectivity index (χ0) is 30.8. The number of thiophene rings is 1. The first-order chi connectivity index (χ1) is 19.7. The van der Waals surface area contributed by atoms with Crippen molar-refractivity contribution in [2.24, 2.45) is 10.4 Å². The van der Waals surface area contributed by atoms with Crippen LogP contribution in [0.25, 0.3) is 21.7 Å². The average molecular weight is 588 g/mol. The van der Waals surface area contributed by atoms with Crippen LogP contribution in [0.4, 0.5) is 0 Å². The van der Waals surface area contributed by atoms with Crippen LogP contribution < -0.4 is 10.9 Å². The van der Waals surface area contributed by atoms with Crippen molar-refractivity contribution in [1.82, 2.24) is 24.8 Å². The van der Waals surface area contributed by atoms with Gasteiger partial charge in [-0.15, -0.1) is 11.3 Å². The molecule has 0 fully saturated rings. The molecular formula is C31H37N7O3S. The van der Waals surface area contributed by atoms with Gasteiger partial charge in [-0.3, -0.25) is 9.59 Å². The van der Waals surface area contributed by atoms with E-state index in [1.54, 1.807) is 25.4 Å². The second kappa shape index (κ2) is 11.9. The number of aromatic nitrogens is 3. The summed E-state index contributed by atoms with van der Waals surface area (Å²) in [4.78, 5) is 40.6. The Kier molecular flexibility index (Phi) is 8.71. The molecule has 10 nitrogen and oxygen atoms in total. The zero-order valence-electron chi connectivity index (χ0n) is 25.1. The molecule has 2 amide bonds. The highest BCUT2D eigenvalue weighted by Crippen LogP contribution is 2.28. The van der Waals surface area contributed by atoms with Gasteiger partial charge in [0.15, 0.2) is 12.2 Å². The molecule has 1 atom stereocenters. The summed E-state index contributed by atoms with van der Waals surface area (Å²) in [5.74, 6) is -0.292. The minimum atomic E-state index is -0.755. The van der Waals surface area contributed by atoms with Gasteiger partial charge >= 0.3 is 0 Å². The standard InChI is InChI=1S/C31H37N7O3S/c1-19(14-32)28(40)37(8)31(6,7)17-38-23-10-9-21(15-34-20(2)30(3,4)5)13-22(23)35-29(38)36-27(39)26-12-11-25(42-26)24-16-33-18-41-24/h9-13,16,18,20,34H,1,15,17H2,2-8H3,(H,35,36,39). The number of nitriles is 1. The van der Waals surface area contributed by atoms with Crippen molar-refractivity contribution < 1.29 is 14.0 Å². The van der Waals surface area contributed by atoms with Crippen molar-refractivity contribution in [1.29, 1.82) is 5.26 Å². The van der Waals surface area contributed by atoms with Crippen molar-refractivity contribution in [3.8, 4) is 16.7 Å². The van der Waals surface area contributed by atoms with Gasteiger partial charge in [-0.2, -0.15) is 10.3 Å². The molecule has 11 heteroatoms. The summed E-state index contributed by atoms with van der Waals surface area (Å²) in [7, 11) is 1.64. The van der Waals surface area contributed by atoms with Crippen molar-refractivity contribution >= 4 is 34.2 Å². The van der Waals surface area contributed by atoms with Gasteiger partial charge in [0.1, 0.15) is 11.6 Å². The Morgan fingerprint density at radius 3 is 2.64 bits per heavy atom. The number of carbonyl (C=O) groups is 2. The Morgan fingerprint density at radius 2 is 2.00 bits per heavy atom. The molecule has 0 aliphatic rings. The van der Waals surface area contributed by atoms with E-state index in [4.69, 9.17) is 4.42 Å². The van der Waals surface area contributed by atoms with Gasteiger partial charge < -0.3 is 24.2 Å². The van der Waals surface area contributed by atoms with Crippen molar-refractivity contribution in [2.45, 2.75) is 66.2 Å². The highest BCUT2D eigenvalue weighted by molar-refractivity contribution is 7.17. The molecule has 0 saturated carbocycles. The van der Waals surface area contributed by atoms with Gasteiger partial charge in [-0.1, -0.05) is 33.4 Å². The Morgan fingerprint density at radius 1 is 1.26 bits per heavy atom. The number of benzene rings is 1. The number of imidazole rings is 1. The van der Waals surface area contributed by atoms with E-state index in [-0.39, 0.29) is 11.0 Å². The fourth-order valence-electron chi connectivity index (χ4n) is 4.25. The zero-order valence-corrected chi connectivity index (χ0v) is 25.9. The van der Waals surface area contributed by atoms with Crippen LogP contribution in [0, 0.1) is 16.7 Å². The molecule has 0 radical (unpaired) electrons. The first-order valence-corrected chi connectivity index (χ1v) is 14.4. The minimum absolute atomic E-state index is 0.118. The molecule has 0 bridgehead atoms. The number of rotatable bonds is 9. The summed E-state index contributed by atoms with van der Waals surface area (Å²) in [6.45, 7) is 17.1. The topological polar surface area (TPSA) is 132 Å². The van der Waals surface area contributed by atoms with Crippen LogP contribution in [0.1, 0.15) is 56.8 Å². The van der Waals surface area contributed by atoms with Gasteiger partial charge in [0.25, 0.3) is 11.8 Å². The monoisotopic (exact) mass is 587 g/mol. The molecule has 0 aliphatic carbocycles. The molecule has 2 N–H and O–H groups in total. The number of oxazole rings is 1. The Hall–Kier alpha value is -4.27. The number of hydrogen-bond acceptors (Lipinski definition) is 7. The predicted molar refractivity (Wildman–Crippen MR) is 163 cm³/mol. The highest BCUT2D eigenvalue weighted by Gasteiger charge is 2.30. The van der Waals surface area contributed by atoms with E-state index in [0.29, 0.717) is 35.4 Å². The quantitative estimate of drug-likeness (QED) is 0.203. The second-order valence-electron chi connectivity index (χ2n) is 12.1. The van der Waals surface area contributed by atoms with Crippen molar-refractivity contribution in [2.75, 3.05) is 7.05 Å². The number of carbonyl (C=O) groups excluding carboxylic acids is 2. The molecule has 4 rings (SSSR count). The summed E-state index contributed by atoms with van der Waals surface area (Å²) in [6, 6.07) is 11.7. The van der Waals surface area contributed by atoms with Crippen molar-refractivity contribution in [3.05, 3.63) is 71.1 Å². The fraction of sp³-hybridized carbons (Fsp3) is 0.387. The molecule has 0 spiro atoms. The maximum absolute atomic E-state index is 13.3. The number of aromatic amines is 1. The van der Waals surface area contributed by atoms with E-state index >= 15 is 0 Å². The molecule has 3 aromatic heterocycles. The van der Waals surface area contributed by atoms with E-state index in [9.17, 15) is 14.9 Å². The van der Waals surface area contributed by atoms with Gasteiger partial charge in [0.05, 0.1) is 32.5 Å². The fourth-order valence-corrected chi connectivity index (χ4v) is 5.09. The van der Waals surface area contributed by atoms with E-state index < -0.39 is 17.4 Å². The lowest BCUT2D eigenvalue weighted by molar-refractivity contribution is -0.130. The van der Waals surface area contributed by atoms with Crippen molar-refractivity contribution in [3.63, 3.8) is 0 Å². The lowest BCUT2D eigenvalue weighted by Crippen LogP contribution is -2.49. The molecule has 0 aliphatic heterocycles. The summed E-state index contributed by atoms with van der Waals surface area (Å²) in [5, 5.41) is 12.8. The predicted octanol–water partition coefficient (Wildman–Crippen LogP) is 5.27. The summed E-state index contributed by atoms with van der Waals surface area (Å²) >= 11 is 1.27. The third-order valence-electron chi connectivity index (χ3n) is 7.62. The summed E-state index contributed by atoms with van der Waals surface area (Å²) in [6.07, 6.45) is 2.94. The van der Waals surface area contributed by atoms with E-state index in [1.165, 1.54) is 22.6 Å². The number of nitrogens with one attached hydrogen (secondary N) is 2. The Labute approximate surface area is 249 Å². The Bertz CT molecular complexity index is 1730. The summed E-state index contributed by atoms with van der Waals surface area (Å²) < 4.78 is 7.25. The number of hydrogen-bond donors (Lipinski definition) is 2. The van der Waals surface area contributed by atoms with Crippen LogP contribution in [0.3, 0.4) is 0 Å². The smallest absolute Gasteiger partial charge is 0.290 e. The van der Waals surface area contributed by atoms with Gasteiger partial charge in [-0.25, -0.2) is 4.98 Å². The van der Waals surface area contributed by atoms with Crippen LogP contribution in [-0.4, -0.2) is 49.9 Å². The maximum atomic E-state index is 13.3. The molecule has 42 heavy (non-hydrogen) atoms. The van der Waals surface area contributed by atoms with Crippen LogP contribution in [0.15, 0.2) is 64.5 Å². The third-order valence-corrected chi connectivity index (χ3v) is 8.70. The van der Waals surface area contributed by atoms with Crippen LogP contribution in [0.5, 0.6) is 0 Å². The Balaban J connectivity index is 1.74. The van der Waals surface area contributed by atoms with Crippen LogP contribution >= 0.6 is 11.3 Å². The molecule has 0 saturated heterocycles. The largest absolute Gasteiger partial charge is 0.443 e.